The van der Waals surface area contributed by atoms with Crippen molar-refractivity contribution >= 4 is 5.91 Å². The average molecular weight is 385 g/mol. The van der Waals surface area contributed by atoms with Gasteiger partial charge in [0.1, 0.15) is 0 Å². The molecule has 0 bridgehead atoms. The molecule has 5 nitrogen and oxygen atoms in total. The molecule has 0 spiro atoms. The van der Waals surface area contributed by atoms with Crippen LogP contribution in [0.15, 0.2) is 24.5 Å². The largest absolute Gasteiger partial charge is 0.342 e. The van der Waals surface area contributed by atoms with E-state index in [9.17, 15) is 4.79 Å². The Kier molecular flexibility index (Phi) is 6.97. The third-order valence-electron chi connectivity index (χ3n) is 6.95. The van der Waals surface area contributed by atoms with E-state index in [1.807, 2.05) is 12.4 Å². The Morgan fingerprint density at radius 2 is 1.61 bits per heavy atom. The van der Waals surface area contributed by atoms with Gasteiger partial charge in [-0.2, -0.15) is 0 Å². The molecule has 1 amide bonds. The lowest BCUT2D eigenvalue weighted by Gasteiger charge is -2.42. The second-order valence-corrected chi connectivity index (χ2v) is 8.94. The van der Waals surface area contributed by atoms with E-state index in [-0.39, 0.29) is 5.92 Å². The van der Waals surface area contributed by atoms with Gasteiger partial charge < -0.3 is 4.90 Å². The number of carbonyl (C=O) groups is 1. The maximum absolute atomic E-state index is 13.1. The average Bonchev–Trinajstić information content (AvgIpc) is 3.04. The fraction of sp³-hybridized carbons (Fsp3) is 0.739. The van der Waals surface area contributed by atoms with E-state index < -0.39 is 0 Å². The first-order chi connectivity index (χ1) is 13.8. The molecule has 0 N–H and O–H groups in total. The zero-order chi connectivity index (χ0) is 19.2. The smallest absolute Gasteiger partial charge is 0.226 e. The highest BCUT2D eigenvalue weighted by Gasteiger charge is 2.33. The number of rotatable bonds is 4. The topological polar surface area (TPSA) is 39.7 Å². The molecule has 5 heteroatoms. The van der Waals surface area contributed by atoms with Crippen LogP contribution in [0.1, 0.15) is 56.9 Å². The van der Waals surface area contributed by atoms with Crippen molar-refractivity contribution in [1.82, 2.24) is 19.7 Å². The minimum Gasteiger partial charge on any atom is -0.342 e. The number of amides is 1. The lowest BCUT2D eigenvalue weighted by atomic mass is 9.92. The summed E-state index contributed by atoms with van der Waals surface area (Å²) in [4.78, 5) is 24.6. The Labute approximate surface area is 170 Å². The first kappa shape index (κ1) is 19.8. The number of aromatic nitrogens is 1. The predicted molar refractivity (Wildman–Crippen MR) is 112 cm³/mol. The van der Waals surface area contributed by atoms with Crippen molar-refractivity contribution in [2.24, 2.45) is 5.92 Å². The third-order valence-corrected chi connectivity index (χ3v) is 6.95. The van der Waals surface area contributed by atoms with E-state index >= 15 is 0 Å². The van der Waals surface area contributed by atoms with E-state index in [1.165, 1.54) is 57.1 Å². The van der Waals surface area contributed by atoms with Gasteiger partial charge in [0.2, 0.25) is 5.91 Å². The molecule has 1 aromatic rings. The van der Waals surface area contributed by atoms with Gasteiger partial charge in [-0.25, -0.2) is 0 Å². The van der Waals surface area contributed by atoms with Crippen LogP contribution in [0.25, 0.3) is 0 Å². The number of hydrogen-bond acceptors (Lipinski definition) is 4. The van der Waals surface area contributed by atoms with Crippen molar-refractivity contribution in [2.75, 3.05) is 39.3 Å². The summed E-state index contributed by atoms with van der Waals surface area (Å²) in [5, 5.41) is 0. The van der Waals surface area contributed by atoms with Crippen LogP contribution in [-0.2, 0) is 11.3 Å². The van der Waals surface area contributed by atoms with E-state index in [0.29, 0.717) is 11.9 Å². The third kappa shape index (κ3) is 5.12. The minimum absolute atomic E-state index is 0.238. The maximum atomic E-state index is 13.1. The number of piperidine rings is 2. The molecule has 0 radical (unpaired) electrons. The fourth-order valence-corrected chi connectivity index (χ4v) is 5.28. The van der Waals surface area contributed by atoms with Crippen LogP contribution in [0.5, 0.6) is 0 Å². The molecule has 0 aromatic carbocycles. The molecule has 0 aliphatic carbocycles. The van der Waals surface area contributed by atoms with Crippen molar-refractivity contribution in [3.63, 3.8) is 0 Å². The maximum Gasteiger partial charge on any atom is 0.226 e. The summed E-state index contributed by atoms with van der Waals surface area (Å²) in [6.45, 7) is 7.50. The Balaban J connectivity index is 1.26. The van der Waals surface area contributed by atoms with Crippen LogP contribution >= 0.6 is 0 Å². The number of likely N-dealkylation sites (tertiary alicyclic amines) is 3. The van der Waals surface area contributed by atoms with Gasteiger partial charge in [0.25, 0.3) is 0 Å². The zero-order valence-electron chi connectivity index (χ0n) is 17.3. The normalized spacial score (nSPS) is 26.1. The molecule has 4 rings (SSSR count). The van der Waals surface area contributed by atoms with E-state index in [1.54, 1.807) is 0 Å². The van der Waals surface area contributed by atoms with E-state index in [4.69, 9.17) is 0 Å². The molecular formula is C23H36N4O. The lowest BCUT2D eigenvalue weighted by molar-refractivity contribution is -0.137. The number of pyridine rings is 1. The molecule has 0 unspecified atom stereocenters. The standard InChI is InChI=1S/C23H36N4O/c28-23(26-13-3-1-2-4-14-26)21-6-5-15-27(19-21)22-9-16-25(17-10-22)18-20-7-11-24-12-8-20/h7-8,11-12,21-22H,1-6,9-10,13-19H2/t21-/m0/s1. The molecular weight excluding hydrogens is 348 g/mol. The molecule has 3 fully saturated rings. The molecule has 28 heavy (non-hydrogen) atoms. The summed E-state index contributed by atoms with van der Waals surface area (Å²) in [5.74, 6) is 0.684. The summed E-state index contributed by atoms with van der Waals surface area (Å²) in [5.41, 5.74) is 1.36. The first-order valence-corrected chi connectivity index (χ1v) is 11.4. The van der Waals surface area contributed by atoms with Crippen molar-refractivity contribution in [2.45, 2.75) is 64.0 Å². The zero-order valence-corrected chi connectivity index (χ0v) is 17.3. The Bertz CT molecular complexity index is 606. The van der Waals surface area contributed by atoms with Crippen molar-refractivity contribution in [1.29, 1.82) is 0 Å². The Morgan fingerprint density at radius 1 is 0.893 bits per heavy atom. The van der Waals surface area contributed by atoms with Crippen LogP contribution < -0.4 is 0 Å². The summed E-state index contributed by atoms with van der Waals surface area (Å²) >= 11 is 0. The second-order valence-electron chi connectivity index (χ2n) is 8.94. The fourth-order valence-electron chi connectivity index (χ4n) is 5.28. The van der Waals surface area contributed by atoms with Crippen LogP contribution in [0.3, 0.4) is 0 Å². The van der Waals surface area contributed by atoms with Gasteiger partial charge in [0.15, 0.2) is 0 Å². The van der Waals surface area contributed by atoms with Crippen molar-refractivity contribution in [3.8, 4) is 0 Å². The summed E-state index contributed by atoms with van der Waals surface area (Å²) in [6, 6.07) is 4.90. The summed E-state index contributed by atoms with van der Waals surface area (Å²) < 4.78 is 0. The Morgan fingerprint density at radius 3 is 2.32 bits per heavy atom. The van der Waals surface area contributed by atoms with Crippen molar-refractivity contribution in [3.05, 3.63) is 30.1 Å². The van der Waals surface area contributed by atoms with Crippen LogP contribution in [-0.4, -0.2) is 70.9 Å². The van der Waals surface area contributed by atoms with Gasteiger partial charge in [-0.3, -0.25) is 19.6 Å². The van der Waals surface area contributed by atoms with Crippen LogP contribution in [0.4, 0.5) is 0 Å². The van der Waals surface area contributed by atoms with E-state index in [2.05, 4.69) is 31.8 Å². The van der Waals surface area contributed by atoms with Gasteiger partial charge in [-0.15, -0.1) is 0 Å². The van der Waals surface area contributed by atoms with Crippen LogP contribution in [0, 0.1) is 5.92 Å². The molecule has 3 aliphatic rings. The lowest BCUT2D eigenvalue weighted by Crippen LogP contribution is -2.51. The first-order valence-electron chi connectivity index (χ1n) is 11.4. The molecule has 0 saturated carbocycles. The Hall–Kier alpha value is -1.46. The molecule has 1 aromatic heterocycles. The highest BCUT2D eigenvalue weighted by molar-refractivity contribution is 5.79. The minimum atomic E-state index is 0.238. The highest BCUT2D eigenvalue weighted by atomic mass is 16.2. The van der Waals surface area contributed by atoms with Crippen molar-refractivity contribution < 1.29 is 4.79 Å². The number of hydrogen-bond donors (Lipinski definition) is 0. The summed E-state index contributed by atoms with van der Waals surface area (Å²) in [6.07, 6.45) is 13.5. The number of nitrogens with zero attached hydrogens (tertiary/aromatic N) is 4. The van der Waals surface area contributed by atoms with E-state index in [0.717, 1.165) is 45.7 Å². The quantitative estimate of drug-likeness (QED) is 0.799. The van der Waals surface area contributed by atoms with Gasteiger partial charge >= 0.3 is 0 Å². The molecule has 3 aliphatic heterocycles. The molecule has 3 saturated heterocycles. The van der Waals surface area contributed by atoms with Gasteiger partial charge in [0.05, 0.1) is 5.92 Å². The molecule has 1 atom stereocenters. The van der Waals surface area contributed by atoms with Crippen LogP contribution in [0.2, 0.25) is 0 Å². The highest BCUT2D eigenvalue weighted by Crippen LogP contribution is 2.26. The molecule has 154 valence electrons. The SMILES string of the molecule is O=C([C@H]1CCCN(C2CCN(Cc3ccncc3)CC2)C1)N1CCCCCC1. The number of carbonyl (C=O) groups excluding carboxylic acids is 1. The van der Waals surface area contributed by atoms with Gasteiger partial charge in [-0.1, -0.05) is 12.8 Å². The van der Waals surface area contributed by atoms with Gasteiger partial charge in [0, 0.05) is 44.6 Å². The summed E-state index contributed by atoms with van der Waals surface area (Å²) in [7, 11) is 0. The monoisotopic (exact) mass is 384 g/mol. The molecule has 4 heterocycles. The second kappa shape index (κ2) is 9.84. The predicted octanol–water partition coefficient (Wildman–Crippen LogP) is 3.16. The van der Waals surface area contributed by atoms with Gasteiger partial charge in [-0.05, 0) is 75.9 Å².